The number of hydrogen-bond donors (Lipinski definition) is 1. The minimum absolute atomic E-state index is 0.187. The molecule has 1 aromatic carbocycles. The van der Waals surface area contributed by atoms with Crippen molar-refractivity contribution in [3.05, 3.63) is 58.9 Å². The molecule has 5 nitrogen and oxygen atoms in total. The van der Waals surface area contributed by atoms with Crippen LogP contribution in [0, 0.1) is 0 Å². The molecule has 0 radical (unpaired) electrons. The van der Waals surface area contributed by atoms with Crippen molar-refractivity contribution in [1.82, 2.24) is 15.2 Å². The van der Waals surface area contributed by atoms with E-state index in [9.17, 15) is 4.79 Å². The first kappa shape index (κ1) is 20.5. The van der Waals surface area contributed by atoms with Crippen LogP contribution in [0.15, 0.2) is 36.5 Å². The molecule has 2 fully saturated rings. The number of rotatable bonds is 4. The summed E-state index contributed by atoms with van der Waals surface area (Å²) in [4.78, 5) is 19.8. The summed E-state index contributed by atoms with van der Waals surface area (Å²) in [6, 6.07) is 10.8. The summed E-state index contributed by atoms with van der Waals surface area (Å²) in [5.41, 5.74) is 5.06. The minimum atomic E-state index is -0.233. The number of ether oxygens (including phenoxy) is 1. The van der Waals surface area contributed by atoms with Crippen molar-refractivity contribution < 1.29 is 9.53 Å². The number of amides is 1. The molecule has 1 N–H and O–H groups in total. The molecule has 2 saturated heterocycles. The van der Waals surface area contributed by atoms with Gasteiger partial charge in [0.15, 0.2) is 0 Å². The Labute approximate surface area is 185 Å². The van der Waals surface area contributed by atoms with E-state index in [1.807, 2.05) is 12.3 Å². The molecule has 0 unspecified atom stereocenters. The summed E-state index contributed by atoms with van der Waals surface area (Å²) in [5.74, 6) is 1.40. The van der Waals surface area contributed by atoms with Gasteiger partial charge in [0.05, 0.1) is 12.6 Å². The van der Waals surface area contributed by atoms with Crippen LogP contribution in [0.25, 0.3) is 0 Å². The molecule has 31 heavy (non-hydrogen) atoms. The predicted molar refractivity (Wildman–Crippen MR) is 121 cm³/mol. The fraction of sp³-hybridized carbons (Fsp3) is 0.538. The average molecular weight is 420 g/mol. The van der Waals surface area contributed by atoms with Gasteiger partial charge in [0.2, 0.25) is 5.91 Å². The van der Waals surface area contributed by atoms with Gasteiger partial charge in [-0.05, 0) is 67.9 Å². The van der Waals surface area contributed by atoms with Crippen LogP contribution in [0.1, 0.15) is 66.8 Å². The van der Waals surface area contributed by atoms with E-state index in [1.54, 1.807) is 7.11 Å². The molecule has 0 saturated carbocycles. The molecule has 1 spiro atoms. The number of nitrogens with zero attached hydrogens (tertiary/aromatic N) is 2. The lowest BCUT2D eigenvalue weighted by Gasteiger charge is -2.34. The molecular formula is C26H33N3O2. The Morgan fingerprint density at radius 3 is 2.71 bits per heavy atom. The third kappa shape index (κ3) is 4.08. The summed E-state index contributed by atoms with van der Waals surface area (Å²) in [7, 11) is 1.78. The fourth-order valence-corrected chi connectivity index (χ4v) is 5.96. The Hall–Kier alpha value is -2.40. The van der Waals surface area contributed by atoms with Gasteiger partial charge in [-0.25, -0.2) is 0 Å². The number of fused-ring (bicyclic) bond motifs is 1. The van der Waals surface area contributed by atoms with Crippen LogP contribution >= 0.6 is 0 Å². The minimum Gasteiger partial charge on any atom is -0.496 e. The third-order valence-electron chi connectivity index (χ3n) is 7.46. The smallest absolute Gasteiger partial charge is 0.220 e. The van der Waals surface area contributed by atoms with Crippen LogP contribution in [0.4, 0.5) is 0 Å². The van der Waals surface area contributed by atoms with E-state index in [0.717, 1.165) is 56.8 Å². The van der Waals surface area contributed by atoms with Crippen LogP contribution in [-0.4, -0.2) is 41.5 Å². The number of aryl methyl sites for hydroxylation is 2. The van der Waals surface area contributed by atoms with Gasteiger partial charge in [-0.3, -0.25) is 14.7 Å². The highest BCUT2D eigenvalue weighted by atomic mass is 16.5. The van der Waals surface area contributed by atoms with Gasteiger partial charge in [0.1, 0.15) is 5.75 Å². The molecule has 2 aliphatic heterocycles. The standard InChI is InChI=1S/C26H33N3O2/c1-31-24-15-20-9-3-2-8-19(20)14-21(24)16-29-17-22(23-10-5-7-13-27-23)26(18-29)12-6-4-11-25(30)28-26/h5,7,10,13-15,22H,2-4,6,8-9,11-12,16-18H2,1H3,(H,28,30)/t22-,26+/m0/s1. The maximum Gasteiger partial charge on any atom is 0.220 e. The lowest BCUT2D eigenvalue weighted by Crippen LogP contribution is -2.52. The molecule has 2 atom stereocenters. The van der Waals surface area contributed by atoms with Gasteiger partial charge >= 0.3 is 0 Å². The zero-order chi connectivity index (χ0) is 21.3. The topological polar surface area (TPSA) is 54.5 Å². The predicted octanol–water partition coefficient (Wildman–Crippen LogP) is 4.00. The Balaban J connectivity index is 1.45. The van der Waals surface area contributed by atoms with Crippen molar-refractivity contribution >= 4 is 5.91 Å². The first-order chi connectivity index (χ1) is 15.2. The number of carbonyl (C=O) groups excluding carboxylic acids is 1. The first-order valence-electron chi connectivity index (χ1n) is 11.8. The Morgan fingerprint density at radius 2 is 1.94 bits per heavy atom. The van der Waals surface area contributed by atoms with Crippen LogP contribution in [0.5, 0.6) is 5.75 Å². The van der Waals surface area contributed by atoms with Crippen LogP contribution in [0.3, 0.4) is 0 Å². The van der Waals surface area contributed by atoms with Crippen LogP contribution < -0.4 is 10.1 Å². The zero-order valence-corrected chi connectivity index (χ0v) is 18.5. The molecule has 5 rings (SSSR count). The fourth-order valence-electron chi connectivity index (χ4n) is 5.96. The lowest BCUT2D eigenvalue weighted by atomic mass is 9.81. The van der Waals surface area contributed by atoms with Crippen molar-refractivity contribution in [2.45, 2.75) is 69.4 Å². The molecule has 1 amide bonds. The quantitative estimate of drug-likeness (QED) is 0.814. The lowest BCUT2D eigenvalue weighted by molar-refractivity contribution is -0.122. The molecule has 3 aliphatic rings. The molecule has 2 aromatic rings. The van der Waals surface area contributed by atoms with E-state index in [2.05, 4.69) is 34.5 Å². The molecule has 1 aromatic heterocycles. The number of benzene rings is 1. The van der Waals surface area contributed by atoms with Gasteiger partial charge in [-0.1, -0.05) is 18.6 Å². The number of pyridine rings is 1. The van der Waals surface area contributed by atoms with Gasteiger partial charge in [-0.2, -0.15) is 0 Å². The van der Waals surface area contributed by atoms with E-state index >= 15 is 0 Å². The van der Waals surface area contributed by atoms with Crippen molar-refractivity contribution in [1.29, 1.82) is 0 Å². The first-order valence-corrected chi connectivity index (χ1v) is 11.8. The molecular weight excluding hydrogens is 386 g/mol. The second-order valence-corrected chi connectivity index (χ2v) is 9.53. The van der Waals surface area contributed by atoms with E-state index in [4.69, 9.17) is 9.72 Å². The van der Waals surface area contributed by atoms with E-state index in [-0.39, 0.29) is 17.4 Å². The SMILES string of the molecule is COc1cc2c(cc1CN1C[C@@H](c3ccccn3)[C@@]3(CCCCC(=O)N3)C1)CCCC2. The van der Waals surface area contributed by atoms with Crippen LogP contribution in [0.2, 0.25) is 0 Å². The highest BCUT2D eigenvalue weighted by Gasteiger charge is 2.49. The maximum absolute atomic E-state index is 12.6. The molecule has 1 aliphatic carbocycles. The largest absolute Gasteiger partial charge is 0.496 e. The molecule has 5 heteroatoms. The summed E-state index contributed by atoms with van der Waals surface area (Å²) in [6.07, 6.45) is 10.5. The Bertz CT molecular complexity index is 945. The summed E-state index contributed by atoms with van der Waals surface area (Å²) >= 11 is 0. The van der Waals surface area contributed by atoms with Crippen molar-refractivity contribution in [3.8, 4) is 5.75 Å². The normalized spacial score (nSPS) is 26.4. The van der Waals surface area contributed by atoms with Crippen molar-refractivity contribution in [2.24, 2.45) is 0 Å². The Kier molecular flexibility index (Phi) is 5.70. The monoisotopic (exact) mass is 419 g/mol. The number of nitrogens with one attached hydrogen (secondary N) is 1. The van der Waals surface area contributed by atoms with E-state index < -0.39 is 0 Å². The number of hydrogen-bond acceptors (Lipinski definition) is 4. The second-order valence-electron chi connectivity index (χ2n) is 9.53. The third-order valence-corrected chi connectivity index (χ3v) is 7.46. The maximum atomic E-state index is 12.6. The average Bonchev–Trinajstić information content (AvgIpc) is 3.02. The van der Waals surface area contributed by atoms with Crippen molar-refractivity contribution in [3.63, 3.8) is 0 Å². The van der Waals surface area contributed by atoms with Crippen LogP contribution in [-0.2, 0) is 24.2 Å². The Morgan fingerprint density at radius 1 is 1.13 bits per heavy atom. The molecule has 164 valence electrons. The number of methoxy groups -OCH3 is 1. The van der Waals surface area contributed by atoms with E-state index in [1.165, 1.54) is 36.0 Å². The van der Waals surface area contributed by atoms with Gasteiger partial charge in [-0.15, -0.1) is 0 Å². The second kappa shape index (κ2) is 8.62. The van der Waals surface area contributed by atoms with Gasteiger partial charge in [0.25, 0.3) is 0 Å². The number of aromatic nitrogens is 1. The highest BCUT2D eigenvalue weighted by Crippen LogP contribution is 2.41. The highest BCUT2D eigenvalue weighted by molar-refractivity contribution is 5.77. The molecule has 0 bridgehead atoms. The van der Waals surface area contributed by atoms with Gasteiger partial charge < -0.3 is 10.1 Å². The summed E-state index contributed by atoms with van der Waals surface area (Å²) < 4.78 is 5.80. The van der Waals surface area contributed by atoms with Gasteiger partial charge in [0, 0.05) is 49.4 Å². The van der Waals surface area contributed by atoms with Crippen molar-refractivity contribution in [2.75, 3.05) is 20.2 Å². The summed E-state index contributed by atoms with van der Waals surface area (Å²) in [5, 5.41) is 3.45. The number of carbonyl (C=O) groups is 1. The molecule has 3 heterocycles. The van der Waals surface area contributed by atoms with E-state index in [0.29, 0.717) is 6.42 Å². The summed E-state index contributed by atoms with van der Waals surface area (Å²) in [6.45, 7) is 2.61. The zero-order valence-electron chi connectivity index (χ0n) is 18.5. The number of likely N-dealkylation sites (tertiary alicyclic amines) is 1.